The fourth-order valence-corrected chi connectivity index (χ4v) is 2.07. The predicted molar refractivity (Wildman–Crippen MR) is 87.7 cm³/mol. The molecule has 0 spiro atoms. The highest BCUT2D eigenvalue weighted by Gasteiger charge is 2.15. The van der Waals surface area contributed by atoms with Gasteiger partial charge in [0.1, 0.15) is 5.75 Å². The maximum absolute atomic E-state index is 11.8. The van der Waals surface area contributed by atoms with Gasteiger partial charge in [0.15, 0.2) is 0 Å². The molecule has 7 heteroatoms. The highest BCUT2D eigenvalue weighted by Crippen LogP contribution is 2.15. The van der Waals surface area contributed by atoms with Gasteiger partial charge in [0, 0.05) is 30.9 Å². The molecule has 0 bridgehead atoms. The Bertz CT molecular complexity index is 583. The van der Waals surface area contributed by atoms with Crippen molar-refractivity contribution in [3.8, 4) is 5.75 Å². The molecule has 1 aromatic carbocycles. The smallest absolute Gasteiger partial charge is 0.327 e. The molecule has 124 valence electrons. The van der Waals surface area contributed by atoms with E-state index in [4.69, 9.17) is 4.74 Å². The van der Waals surface area contributed by atoms with E-state index in [-0.39, 0.29) is 0 Å². The van der Waals surface area contributed by atoms with E-state index >= 15 is 0 Å². The second-order valence-electron chi connectivity index (χ2n) is 5.23. The summed E-state index contributed by atoms with van der Waals surface area (Å²) in [6, 6.07) is 6.84. The van der Waals surface area contributed by atoms with Gasteiger partial charge < -0.3 is 20.4 Å². The van der Waals surface area contributed by atoms with Crippen LogP contribution in [0.3, 0.4) is 0 Å². The summed E-state index contributed by atoms with van der Waals surface area (Å²) in [4.78, 5) is 25.8. The third kappa shape index (κ3) is 5.30. The van der Waals surface area contributed by atoms with E-state index in [1.54, 1.807) is 24.3 Å². The van der Waals surface area contributed by atoms with Crippen LogP contribution in [0.1, 0.15) is 13.3 Å². The molecule has 0 unspecified atom stereocenters. The molecule has 0 radical (unpaired) electrons. The Morgan fingerprint density at radius 3 is 2.57 bits per heavy atom. The lowest BCUT2D eigenvalue weighted by Gasteiger charge is -2.22. The molecular formula is C16H22N4O3. The number of anilines is 1. The monoisotopic (exact) mass is 318 g/mol. The Labute approximate surface area is 135 Å². The number of likely N-dealkylation sites (N-methyl/N-ethyl adjacent to an activating group) is 1. The van der Waals surface area contributed by atoms with Crippen LogP contribution in [0.5, 0.6) is 5.75 Å². The van der Waals surface area contributed by atoms with Crippen molar-refractivity contribution in [1.82, 2.24) is 15.8 Å². The van der Waals surface area contributed by atoms with E-state index in [0.717, 1.165) is 25.2 Å². The lowest BCUT2D eigenvalue weighted by atomic mass is 10.2. The molecule has 0 aliphatic carbocycles. The average Bonchev–Trinajstić information content (AvgIpc) is 2.56. The van der Waals surface area contributed by atoms with Crippen LogP contribution in [0, 0.1) is 0 Å². The molecule has 0 fully saturated rings. The van der Waals surface area contributed by atoms with Crippen molar-refractivity contribution >= 4 is 17.5 Å². The number of carbonyl (C=O) groups excluding carboxylic acids is 2. The summed E-state index contributed by atoms with van der Waals surface area (Å²) in [5.74, 6) is -0.750. The molecule has 1 heterocycles. The first-order valence-electron chi connectivity index (χ1n) is 7.56. The van der Waals surface area contributed by atoms with Crippen LogP contribution >= 0.6 is 0 Å². The number of rotatable bonds is 5. The van der Waals surface area contributed by atoms with Gasteiger partial charge in [-0.05, 0) is 44.3 Å². The first-order chi connectivity index (χ1) is 11.1. The maximum Gasteiger partial charge on any atom is 0.327 e. The Morgan fingerprint density at radius 1 is 1.22 bits per heavy atom. The van der Waals surface area contributed by atoms with Gasteiger partial charge >= 0.3 is 11.8 Å². The SMILES string of the molecule is CCOc1ccc(NC(=O)C(=O)NNC2=CCN(C)CC2)cc1. The minimum Gasteiger partial charge on any atom is -0.494 e. The van der Waals surface area contributed by atoms with Crippen LogP contribution in [0.2, 0.25) is 0 Å². The Balaban J connectivity index is 1.79. The van der Waals surface area contributed by atoms with Crippen molar-refractivity contribution in [2.24, 2.45) is 0 Å². The van der Waals surface area contributed by atoms with Crippen LogP contribution in [0.15, 0.2) is 36.0 Å². The van der Waals surface area contributed by atoms with Crippen molar-refractivity contribution in [3.05, 3.63) is 36.0 Å². The number of amides is 2. The molecule has 3 N–H and O–H groups in total. The largest absolute Gasteiger partial charge is 0.494 e. The average molecular weight is 318 g/mol. The quantitative estimate of drug-likeness (QED) is 0.554. The minimum absolute atomic E-state index is 0.534. The number of nitrogens with zero attached hydrogens (tertiary/aromatic N) is 1. The van der Waals surface area contributed by atoms with E-state index < -0.39 is 11.8 Å². The Hall–Kier alpha value is -2.54. The summed E-state index contributed by atoms with van der Waals surface area (Å²) >= 11 is 0. The van der Waals surface area contributed by atoms with Crippen molar-refractivity contribution in [2.75, 3.05) is 32.1 Å². The van der Waals surface area contributed by atoms with Crippen LogP contribution < -0.4 is 20.9 Å². The third-order valence-corrected chi connectivity index (χ3v) is 3.38. The van der Waals surface area contributed by atoms with Gasteiger partial charge in [0.05, 0.1) is 6.61 Å². The lowest BCUT2D eigenvalue weighted by molar-refractivity contribution is -0.136. The van der Waals surface area contributed by atoms with Gasteiger partial charge in [-0.15, -0.1) is 0 Å². The Morgan fingerprint density at radius 2 is 1.96 bits per heavy atom. The number of ether oxygens (including phenoxy) is 1. The standard InChI is InChI=1S/C16H22N4O3/c1-3-23-14-6-4-12(5-7-14)17-15(21)16(22)19-18-13-8-10-20(2)11-9-13/h4-8,18H,3,9-11H2,1-2H3,(H,17,21)(H,19,22). The van der Waals surface area contributed by atoms with E-state index in [0.29, 0.717) is 18.0 Å². The normalized spacial score (nSPS) is 14.6. The summed E-state index contributed by atoms with van der Waals surface area (Å²) in [6.45, 7) is 4.20. The van der Waals surface area contributed by atoms with E-state index in [9.17, 15) is 9.59 Å². The zero-order valence-electron chi connectivity index (χ0n) is 13.4. The molecule has 23 heavy (non-hydrogen) atoms. The molecule has 0 aromatic heterocycles. The zero-order valence-corrected chi connectivity index (χ0v) is 13.4. The van der Waals surface area contributed by atoms with Gasteiger partial charge in [-0.3, -0.25) is 15.0 Å². The van der Waals surface area contributed by atoms with Gasteiger partial charge in [-0.1, -0.05) is 0 Å². The molecule has 1 aliphatic heterocycles. The Kier molecular flexibility index (Phi) is 5.99. The topological polar surface area (TPSA) is 82.7 Å². The molecule has 0 saturated heterocycles. The van der Waals surface area contributed by atoms with Crippen LogP contribution in [-0.4, -0.2) is 43.5 Å². The fraction of sp³-hybridized carbons (Fsp3) is 0.375. The summed E-state index contributed by atoms with van der Waals surface area (Å²) in [7, 11) is 2.02. The maximum atomic E-state index is 11.8. The van der Waals surface area contributed by atoms with Crippen molar-refractivity contribution < 1.29 is 14.3 Å². The molecule has 7 nitrogen and oxygen atoms in total. The summed E-state index contributed by atoms with van der Waals surface area (Å²) < 4.78 is 5.31. The number of carbonyl (C=O) groups is 2. The summed E-state index contributed by atoms with van der Waals surface area (Å²) in [5, 5.41) is 2.53. The second kappa shape index (κ2) is 8.19. The van der Waals surface area contributed by atoms with Crippen molar-refractivity contribution in [1.29, 1.82) is 0 Å². The molecular weight excluding hydrogens is 296 g/mol. The minimum atomic E-state index is -0.737. The van der Waals surface area contributed by atoms with Gasteiger partial charge in [0.25, 0.3) is 0 Å². The molecule has 1 aromatic rings. The third-order valence-electron chi connectivity index (χ3n) is 3.38. The second-order valence-corrected chi connectivity index (χ2v) is 5.23. The number of hydrazine groups is 1. The van der Waals surface area contributed by atoms with E-state index in [2.05, 4.69) is 21.1 Å². The molecule has 2 amide bonds. The highest BCUT2D eigenvalue weighted by molar-refractivity contribution is 6.39. The molecule has 0 saturated carbocycles. The molecule has 2 rings (SSSR count). The van der Waals surface area contributed by atoms with Gasteiger partial charge in [0.2, 0.25) is 0 Å². The van der Waals surface area contributed by atoms with Crippen molar-refractivity contribution in [2.45, 2.75) is 13.3 Å². The van der Waals surface area contributed by atoms with Crippen LogP contribution in [-0.2, 0) is 9.59 Å². The first kappa shape index (κ1) is 16.8. The fourth-order valence-electron chi connectivity index (χ4n) is 2.07. The molecule has 1 aliphatic rings. The number of hydrogen-bond acceptors (Lipinski definition) is 5. The van der Waals surface area contributed by atoms with E-state index in [1.807, 2.05) is 20.0 Å². The van der Waals surface area contributed by atoms with Crippen LogP contribution in [0.4, 0.5) is 5.69 Å². The van der Waals surface area contributed by atoms with Crippen LogP contribution in [0.25, 0.3) is 0 Å². The predicted octanol–water partition coefficient (Wildman–Crippen LogP) is 0.864. The first-order valence-corrected chi connectivity index (χ1v) is 7.56. The van der Waals surface area contributed by atoms with Gasteiger partial charge in [-0.2, -0.15) is 0 Å². The van der Waals surface area contributed by atoms with E-state index in [1.165, 1.54) is 0 Å². The summed E-state index contributed by atoms with van der Waals surface area (Å²) in [6.07, 6.45) is 2.78. The molecule has 0 atom stereocenters. The van der Waals surface area contributed by atoms with Crippen molar-refractivity contribution in [3.63, 3.8) is 0 Å². The highest BCUT2D eigenvalue weighted by atomic mass is 16.5. The summed E-state index contributed by atoms with van der Waals surface area (Å²) in [5.41, 5.74) is 6.64. The number of nitrogens with one attached hydrogen (secondary N) is 3. The zero-order chi connectivity index (χ0) is 16.7. The number of hydrogen-bond donors (Lipinski definition) is 3. The van der Waals surface area contributed by atoms with Gasteiger partial charge in [-0.25, -0.2) is 0 Å². The lowest BCUT2D eigenvalue weighted by Crippen LogP contribution is -2.44. The number of benzene rings is 1.